The van der Waals surface area contributed by atoms with Crippen LogP contribution in [-0.2, 0) is 0 Å². The zero-order valence-corrected chi connectivity index (χ0v) is 16.0. The molecule has 1 aromatic carbocycles. The van der Waals surface area contributed by atoms with Gasteiger partial charge in [-0.15, -0.1) is 0 Å². The summed E-state index contributed by atoms with van der Waals surface area (Å²) in [7, 11) is 4.03. The SMILES string of the molecule is CN(/C=C\[NH2+]CCCCCCBr)C/C=N/N(C)c1ccccc1. The first kappa shape index (κ1) is 19.7. The topological polar surface area (TPSA) is 35.5 Å². The zero-order valence-electron chi connectivity index (χ0n) is 14.4. The molecule has 0 aliphatic carbocycles. The molecule has 0 unspecified atom stereocenters. The molecule has 0 amide bonds. The van der Waals surface area contributed by atoms with Gasteiger partial charge in [-0.1, -0.05) is 40.5 Å². The van der Waals surface area contributed by atoms with Crippen molar-refractivity contribution in [3.8, 4) is 0 Å². The Morgan fingerprint density at radius 2 is 1.83 bits per heavy atom. The van der Waals surface area contributed by atoms with Gasteiger partial charge in [0.1, 0.15) is 6.20 Å². The molecule has 23 heavy (non-hydrogen) atoms. The smallest absolute Gasteiger partial charge is 0.109 e. The van der Waals surface area contributed by atoms with E-state index in [1.165, 1.54) is 25.7 Å². The lowest BCUT2D eigenvalue weighted by Gasteiger charge is -2.14. The molecule has 0 fully saturated rings. The molecule has 5 heteroatoms. The molecule has 0 bridgehead atoms. The number of hydrogen-bond donors (Lipinski definition) is 1. The second-order valence-electron chi connectivity index (χ2n) is 5.57. The Labute approximate surface area is 149 Å². The second kappa shape index (κ2) is 13.1. The van der Waals surface area contributed by atoms with Crippen LogP contribution in [0.15, 0.2) is 47.8 Å². The van der Waals surface area contributed by atoms with E-state index in [1.807, 2.05) is 48.6 Å². The summed E-state index contributed by atoms with van der Waals surface area (Å²) in [5, 5.41) is 9.70. The van der Waals surface area contributed by atoms with E-state index in [1.54, 1.807) is 0 Å². The third-order valence-electron chi connectivity index (χ3n) is 3.49. The van der Waals surface area contributed by atoms with E-state index in [9.17, 15) is 0 Å². The van der Waals surface area contributed by atoms with Gasteiger partial charge in [0.2, 0.25) is 0 Å². The van der Waals surface area contributed by atoms with Crippen molar-refractivity contribution in [2.75, 3.05) is 37.5 Å². The minimum Gasteiger partial charge on any atom is -0.371 e. The molecule has 2 N–H and O–H groups in total. The maximum atomic E-state index is 4.44. The predicted octanol–water partition coefficient (Wildman–Crippen LogP) is 3.03. The van der Waals surface area contributed by atoms with Crippen LogP contribution >= 0.6 is 15.9 Å². The van der Waals surface area contributed by atoms with E-state index in [4.69, 9.17) is 0 Å². The van der Waals surface area contributed by atoms with Crippen LogP contribution in [0.4, 0.5) is 5.69 Å². The Morgan fingerprint density at radius 1 is 1.09 bits per heavy atom. The summed E-state index contributed by atoms with van der Waals surface area (Å²) in [5.41, 5.74) is 1.09. The molecule has 0 aliphatic heterocycles. The Balaban J connectivity index is 2.12. The summed E-state index contributed by atoms with van der Waals surface area (Å²) >= 11 is 3.46. The lowest BCUT2D eigenvalue weighted by Crippen LogP contribution is -2.78. The average Bonchev–Trinajstić information content (AvgIpc) is 2.58. The van der Waals surface area contributed by atoms with Crippen molar-refractivity contribution in [2.45, 2.75) is 25.7 Å². The fraction of sp³-hybridized carbons (Fsp3) is 0.500. The summed E-state index contributed by atoms with van der Waals surface area (Å²) in [6.45, 7) is 1.96. The summed E-state index contributed by atoms with van der Waals surface area (Å²) in [4.78, 5) is 2.13. The van der Waals surface area contributed by atoms with Gasteiger partial charge in [-0.3, -0.25) is 5.01 Å². The minimum absolute atomic E-state index is 0.798. The van der Waals surface area contributed by atoms with Gasteiger partial charge in [0.05, 0.1) is 25.0 Å². The van der Waals surface area contributed by atoms with Crippen molar-refractivity contribution < 1.29 is 5.32 Å². The molecule has 1 aromatic rings. The molecule has 0 spiro atoms. The van der Waals surface area contributed by atoms with Crippen molar-refractivity contribution in [3.63, 3.8) is 0 Å². The maximum absolute atomic E-state index is 4.44. The number of unbranched alkanes of at least 4 members (excludes halogenated alkanes) is 3. The number of rotatable bonds is 12. The van der Waals surface area contributed by atoms with Crippen molar-refractivity contribution in [1.82, 2.24) is 4.90 Å². The largest absolute Gasteiger partial charge is 0.371 e. The van der Waals surface area contributed by atoms with Crippen LogP contribution in [0.3, 0.4) is 0 Å². The van der Waals surface area contributed by atoms with Crippen molar-refractivity contribution in [3.05, 3.63) is 42.7 Å². The highest BCUT2D eigenvalue weighted by Gasteiger charge is 1.95. The third-order valence-corrected chi connectivity index (χ3v) is 4.05. The first-order chi connectivity index (χ1) is 11.2. The van der Waals surface area contributed by atoms with Gasteiger partial charge in [-0.25, -0.2) is 0 Å². The molecule has 0 radical (unpaired) electrons. The normalized spacial score (nSPS) is 11.4. The van der Waals surface area contributed by atoms with Gasteiger partial charge in [-0.2, -0.15) is 5.10 Å². The summed E-state index contributed by atoms with van der Waals surface area (Å²) in [6, 6.07) is 10.2. The second-order valence-corrected chi connectivity index (χ2v) is 6.36. The van der Waals surface area contributed by atoms with Crippen LogP contribution in [0.2, 0.25) is 0 Å². The third kappa shape index (κ3) is 10.1. The van der Waals surface area contributed by atoms with Gasteiger partial charge in [0.25, 0.3) is 0 Å². The van der Waals surface area contributed by atoms with Crippen molar-refractivity contribution in [2.24, 2.45) is 5.10 Å². The van der Waals surface area contributed by atoms with Gasteiger partial charge in [-0.05, 0) is 31.4 Å². The lowest BCUT2D eigenvalue weighted by atomic mass is 10.2. The van der Waals surface area contributed by atoms with E-state index < -0.39 is 0 Å². The molecule has 0 atom stereocenters. The Bertz CT molecular complexity index is 448. The molecule has 4 nitrogen and oxygen atoms in total. The quantitative estimate of drug-likeness (QED) is 0.261. The highest BCUT2D eigenvalue weighted by molar-refractivity contribution is 9.09. The van der Waals surface area contributed by atoms with Crippen molar-refractivity contribution in [1.29, 1.82) is 0 Å². The number of para-hydroxylation sites is 1. The minimum atomic E-state index is 0.798. The number of anilines is 1. The number of nitrogens with two attached hydrogens (primary N) is 1. The maximum Gasteiger partial charge on any atom is 0.109 e. The molecule has 0 saturated carbocycles. The molecule has 1 rings (SSSR count). The van der Waals surface area contributed by atoms with E-state index in [0.717, 1.165) is 24.1 Å². The van der Waals surface area contributed by atoms with Gasteiger partial charge >= 0.3 is 0 Å². The summed E-state index contributed by atoms with van der Waals surface area (Å²) in [5.74, 6) is 0. The number of quaternary nitrogens is 1. The van der Waals surface area contributed by atoms with Crippen LogP contribution in [-0.4, -0.2) is 43.6 Å². The number of hydrazone groups is 1. The molecular formula is C18H30BrN4+. The zero-order chi connectivity index (χ0) is 16.8. The molecule has 128 valence electrons. The van der Waals surface area contributed by atoms with E-state index in [-0.39, 0.29) is 0 Å². The lowest BCUT2D eigenvalue weighted by molar-refractivity contribution is -0.588. The van der Waals surface area contributed by atoms with Crippen LogP contribution < -0.4 is 10.3 Å². The Hall–Kier alpha value is -1.33. The first-order valence-electron chi connectivity index (χ1n) is 8.31. The van der Waals surface area contributed by atoms with Crippen LogP contribution in [0, 0.1) is 0 Å². The number of hydrogen-bond acceptors (Lipinski definition) is 3. The average molecular weight is 382 g/mol. The molecular weight excluding hydrogens is 352 g/mol. The first-order valence-corrected chi connectivity index (χ1v) is 9.43. The van der Waals surface area contributed by atoms with Crippen LogP contribution in [0.1, 0.15) is 25.7 Å². The predicted molar refractivity (Wildman–Crippen MR) is 104 cm³/mol. The fourth-order valence-corrected chi connectivity index (χ4v) is 2.47. The molecule has 0 aliphatic rings. The van der Waals surface area contributed by atoms with Crippen LogP contribution in [0.5, 0.6) is 0 Å². The van der Waals surface area contributed by atoms with E-state index in [0.29, 0.717) is 0 Å². The van der Waals surface area contributed by atoms with Crippen molar-refractivity contribution >= 4 is 27.8 Å². The summed E-state index contributed by atoms with van der Waals surface area (Å²) < 4.78 is 0. The molecule has 0 aromatic heterocycles. The fourth-order valence-electron chi connectivity index (χ4n) is 2.07. The van der Waals surface area contributed by atoms with Gasteiger partial charge in [0.15, 0.2) is 0 Å². The Morgan fingerprint density at radius 3 is 2.57 bits per heavy atom. The standard InChI is InChI=1S/C18H29BrN4/c1-22(16-14-20-13-9-4-3-8-12-19)17-15-21-23(2)18-10-6-5-7-11-18/h5-7,10-11,14-16,20H,3-4,8-9,12-13,17H2,1-2H3/p+1/b16-14-,21-15+. The number of alkyl halides is 1. The van der Waals surface area contributed by atoms with E-state index in [2.05, 4.69) is 50.7 Å². The highest BCUT2D eigenvalue weighted by atomic mass is 79.9. The van der Waals surface area contributed by atoms with Gasteiger partial charge < -0.3 is 10.2 Å². The van der Waals surface area contributed by atoms with Crippen LogP contribution in [0.25, 0.3) is 0 Å². The summed E-state index contributed by atoms with van der Waals surface area (Å²) in [6.07, 6.45) is 11.4. The number of halogens is 1. The number of nitrogens with zero attached hydrogens (tertiary/aromatic N) is 3. The van der Waals surface area contributed by atoms with E-state index >= 15 is 0 Å². The number of benzene rings is 1. The Kier molecular flexibility index (Phi) is 11.3. The van der Waals surface area contributed by atoms with Gasteiger partial charge in [0, 0.05) is 25.6 Å². The highest BCUT2D eigenvalue weighted by Crippen LogP contribution is 2.10. The molecule has 0 saturated heterocycles. The molecule has 0 heterocycles. The monoisotopic (exact) mass is 381 g/mol.